The van der Waals surface area contributed by atoms with E-state index in [0.717, 1.165) is 17.4 Å². The molecule has 1 saturated carbocycles. The van der Waals surface area contributed by atoms with Crippen molar-refractivity contribution in [2.24, 2.45) is 0 Å². The smallest absolute Gasteiger partial charge is 0.112 e. The molecule has 0 N–H and O–H groups in total. The van der Waals surface area contributed by atoms with Crippen LogP contribution in [0.4, 0.5) is 0 Å². The summed E-state index contributed by atoms with van der Waals surface area (Å²) in [5.41, 5.74) is 1.10. The predicted octanol–water partition coefficient (Wildman–Crippen LogP) is 3.65. The maximum atomic E-state index is 5.78. The van der Waals surface area contributed by atoms with Gasteiger partial charge in [-0.2, -0.15) is 0 Å². The van der Waals surface area contributed by atoms with Gasteiger partial charge in [-0.1, -0.05) is 25.3 Å². The average Bonchev–Trinajstić information content (AvgIpc) is 2.30. The molecular weight excluding hydrogens is 254 g/mol. The molecule has 3 heteroatoms. The van der Waals surface area contributed by atoms with Crippen molar-refractivity contribution in [2.45, 2.75) is 37.7 Å². The van der Waals surface area contributed by atoms with Crippen LogP contribution >= 0.6 is 15.9 Å². The highest BCUT2D eigenvalue weighted by molar-refractivity contribution is 9.10. The molecule has 0 amide bonds. The van der Waals surface area contributed by atoms with Crippen molar-refractivity contribution >= 4 is 15.9 Å². The van der Waals surface area contributed by atoms with Gasteiger partial charge in [0, 0.05) is 18.9 Å². The molecule has 0 atom stereocenters. The second-order valence-electron chi connectivity index (χ2n) is 4.10. The summed E-state index contributed by atoms with van der Waals surface area (Å²) in [6.07, 6.45) is 7.83. The number of aromatic nitrogens is 1. The Morgan fingerprint density at radius 1 is 1.33 bits per heavy atom. The molecule has 1 fully saturated rings. The number of halogens is 1. The molecule has 1 aromatic rings. The van der Waals surface area contributed by atoms with Crippen LogP contribution in [0.15, 0.2) is 22.9 Å². The lowest BCUT2D eigenvalue weighted by Gasteiger charge is -2.36. The first-order valence-electron chi connectivity index (χ1n) is 5.45. The minimum absolute atomic E-state index is 0.106. The van der Waals surface area contributed by atoms with Crippen molar-refractivity contribution in [2.75, 3.05) is 7.11 Å². The number of hydrogen-bond acceptors (Lipinski definition) is 2. The predicted molar refractivity (Wildman–Crippen MR) is 63.7 cm³/mol. The van der Waals surface area contributed by atoms with E-state index in [0.29, 0.717) is 0 Å². The van der Waals surface area contributed by atoms with E-state index in [1.807, 2.05) is 13.2 Å². The molecule has 0 unspecified atom stereocenters. The Balaban J connectivity index is 2.36. The summed E-state index contributed by atoms with van der Waals surface area (Å²) in [6.45, 7) is 0. The largest absolute Gasteiger partial charge is 0.373 e. The van der Waals surface area contributed by atoms with Crippen LogP contribution in [0, 0.1) is 0 Å². The summed E-state index contributed by atoms with van der Waals surface area (Å²) >= 11 is 3.52. The van der Waals surface area contributed by atoms with E-state index in [1.165, 1.54) is 24.8 Å². The second kappa shape index (κ2) is 4.62. The summed E-state index contributed by atoms with van der Waals surface area (Å²) in [7, 11) is 1.81. The summed E-state index contributed by atoms with van der Waals surface area (Å²) in [6, 6.07) is 4.10. The fourth-order valence-electron chi connectivity index (χ4n) is 2.43. The number of ether oxygens (including phenoxy) is 1. The Hall–Kier alpha value is -0.410. The molecule has 0 saturated heterocycles. The van der Waals surface area contributed by atoms with Crippen LogP contribution in [0.1, 0.15) is 37.7 Å². The SMILES string of the molecule is COC1(c2cccnc2Br)CCCCC1. The molecule has 82 valence electrons. The van der Waals surface area contributed by atoms with Gasteiger partial charge >= 0.3 is 0 Å². The normalized spacial score (nSPS) is 20.1. The van der Waals surface area contributed by atoms with Crippen LogP contribution in [0.2, 0.25) is 0 Å². The molecule has 0 bridgehead atoms. The van der Waals surface area contributed by atoms with Crippen LogP contribution < -0.4 is 0 Å². The molecule has 0 aromatic carbocycles. The minimum Gasteiger partial charge on any atom is -0.373 e. The zero-order chi connectivity index (χ0) is 10.7. The van der Waals surface area contributed by atoms with E-state index in [4.69, 9.17) is 4.74 Å². The van der Waals surface area contributed by atoms with Crippen molar-refractivity contribution in [1.29, 1.82) is 0 Å². The molecule has 0 radical (unpaired) electrons. The van der Waals surface area contributed by atoms with Crippen molar-refractivity contribution < 1.29 is 4.74 Å². The van der Waals surface area contributed by atoms with Crippen molar-refractivity contribution in [1.82, 2.24) is 4.98 Å². The molecule has 0 aliphatic heterocycles. The van der Waals surface area contributed by atoms with E-state index in [2.05, 4.69) is 27.0 Å². The van der Waals surface area contributed by atoms with Crippen LogP contribution in [0.5, 0.6) is 0 Å². The summed E-state index contributed by atoms with van der Waals surface area (Å²) < 4.78 is 6.70. The van der Waals surface area contributed by atoms with E-state index in [-0.39, 0.29) is 5.60 Å². The summed E-state index contributed by atoms with van der Waals surface area (Å²) in [5, 5.41) is 0. The molecule has 15 heavy (non-hydrogen) atoms. The monoisotopic (exact) mass is 269 g/mol. The Labute approximate surface area is 99.2 Å². The fraction of sp³-hybridized carbons (Fsp3) is 0.583. The highest BCUT2D eigenvalue weighted by atomic mass is 79.9. The maximum Gasteiger partial charge on any atom is 0.112 e. The number of pyridine rings is 1. The first kappa shape index (κ1) is 11.1. The third-order valence-corrected chi connectivity index (χ3v) is 3.93. The third kappa shape index (κ3) is 2.08. The van der Waals surface area contributed by atoms with Gasteiger partial charge in [-0.3, -0.25) is 0 Å². The van der Waals surface area contributed by atoms with Crippen molar-refractivity contribution in [3.8, 4) is 0 Å². The highest BCUT2D eigenvalue weighted by Gasteiger charge is 2.35. The Bertz CT molecular complexity index is 334. The van der Waals surface area contributed by atoms with Gasteiger partial charge in [0.2, 0.25) is 0 Å². The van der Waals surface area contributed by atoms with E-state index in [9.17, 15) is 0 Å². The zero-order valence-electron chi connectivity index (χ0n) is 9.00. The lowest BCUT2D eigenvalue weighted by Crippen LogP contribution is -2.31. The quantitative estimate of drug-likeness (QED) is 0.765. The number of rotatable bonds is 2. The standard InChI is InChI=1S/C12H16BrNO/c1-15-12(7-3-2-4-8-12)10-6-5-9-14-11(10)13/h5-6,9H,2-4,7-8H2,1H3. The first-order valence-corrected chi connectivity index (χ1v) is 6.24. The zero-order valence-corrected chi connectivity index (χ0v) is 10.6. The molecule has 2 rings (SSSR count). The lowest BCUT2D eigenvalue weighted by molar-refractivity contribution is -0.0453. The third-order valence-electron chi connectivity index (χ3n) is 3.30. The van der Waals surface area contributed by atoms with Gasteiger partial charge in [0.15, 0.2) is 0 Å². The Morgan fingerprint density at radius 2 is 2.07 bits per heavy atom. The van der Waals surface area contributed by atoms with E-state index < -0.39 is 0 Å². The van der Waals surface area contributed by atoms with Crippen molar-refractivity contribution in [3.05, 3.63) is 28.5 Å². The minimum atomic E-state index is -0.106. The Kier molecular flexibility index (Phi) is 3.42. The van der Waals surface area contributed by atoms with Gasteiger partial charge in [-0.25, -0.2) is 4.98 Å². The molecule has 1 aromatic heterocycles. The van der Waals surface area contributed by atoms with Gasteiger partial charge in [0.05, 0.1) is 5.60 Å². The van der Waals surface area contributed by atoms with Crippen LogP contribution in [-0.2, 0) is 10.3 Å². The lowest BCUT2D eigenvalue weighted by atomic mass is 9.80. The second-order valence-corrected chi connectivity index (χ2v) is 4.85. The van der Waals surface area contributed by atoms with E-state index in [1.54, 1.807) is 6.20 Å². The number of methoxy groups -OCH3 is 1. The van der Waals surface area contributed by atoms with Gasteiger partial charge in [0.25, 0.3) is 0 Å². The van der Waals surface area contributed by atoms with E-state index >= 15 is 0 Å². The molecule has 1 aliphatic carbocycles. The molecule has 0 spiro atoms. The molecular formula is C12H16BrNO. The van der Waals surface area contributed by atoms with Crippen molar-refractivity contribution in [3.63, 3.8) is 0 Å². The number of nitrogens with zero attached hydrogens (tertiary/aromatic N) is 1. The summed E-state index contributed by atoms with van der Waals surface area (Å²) in [5.74, 6) is 0. The topological polar surface area (TPSA) is 22.1 Å². The van der Waals surface area contributed by atoms with Crippen LogP contribution in [0.25, 0.3) is 0 Å². The first-order chi connectivity index (χ1) is 7.28. The van der Waals surface area contributed by atoms with Gasteiger partial charge in [-0.15, -0.1) is 0 Å². The van der Waals surface area contributed by atoms with Crippen LogP contribution in [0.3, 0.4) is 0 Å². The highest BCUT2D eigenvalue weighted by Crippen LogP contribution is 2.42. The van der Waals surface area contributed by atoms with Gasteiger partial charge in [0.1, 0.15) is 4.60 Å². The molecule has 1 aliphatic rings. The molecule has 1 heterocycles. The van der Waals surface area contributed by atoms with Gasteiger partial charge < -0.3 is 4.74 Å². The maximum absolute atomic E-state index is 5.78. The number of hydrogen-bond donors (Lipinski definition) is 0. The van der Waals surface area contributed by atoms with Gasteiger partial charge in [-0.05, 0) is 34.8 Å². The molecule has 2 nitrogen and oxygen atoms in total. The van der Waals surface area contributed by atoms with Crippen LogP contribution in [-0.4, -0.2) is 12.1 Å². The fourth-order valence-corrected chi connectivity index (χ4v) is 3.04. The Morgan fingerprint density at radius 3 is 2.67 bits per heavy atom. The average molecular weight is 270 g/mol. The summed E-state index contributed by atoms with van der Waals surface area (Å²) in [4.78, 5) is 4.28.